The monoisotopic (exact) mass is 424 g/mol. The van der Waals surface area contributed by atoms with Crippen molar-refractivity contribution < 1.29 is 9.53 Å². The Hall–Kier alpha value is -2.30. The number of nitrogens with zero attached hydrogens (tertiary/aromatic N) is 2. The zero-order valence-electron chi connectivity index (χ0n) is 17.7. The molecule has 1 atom stereocenters. The number of rotatable bonds is 6. The second kappa shape index (κ2) is 9.23. The van der Waals surface area contributed by atoms with Gasteiger partial charge in [0.15, 0.2) is 0 Å². The third-order valence-electron chi connectivity index (χ3n) is 6.12. The molecule has 0 bridgehead atoms. The number of aryl methyl sites for hydroxylation is 2. The predicted octanol–water partition coefficient (Wildman–Crippen LogP) is 5.26. The standard InChI is InChI=1S/C25H29ClN2O2/c1-3-18-6-5-7-21-23(17-27(4-2)25(18)21)22(19-8-10-20(26)11-9-19)16-24(29)28-12-14-30-15-13-28/h5-11,17,22H,3-4,12-16H2,1-2H3. The number of morpholine rings is 1. The number of carbonyl (C=O) groups excluding carboxylic acids is 1. The molecule has 1 aromatic heterocycles. The smallest absolute Gasteiger partial charge is 0.223 e. The van der Waals surface area contributed by atoms with Gasteiger partial charge in [-0.15, -0.1) is 0 Å². The molecule has 158 valence electrons. The summed E-state index contributed by atoms with van der Waals surface area (Å²) in [6.45, 7) is 7.84. The molecule has 1 unspecified atom stereocenters. The molecule has 2 heterocycles. The average Bonchev–Trinajstić information content (AvgIpc) is 3.17. The fourth-order valence-electron chi connectivity index (χ4n) is 4.50. The van der Waals surface area contributed by atoms with E-state index in [-0.39, 0.29) is 11.8 Å². The van der Waals surface area contributed by atoms with Crippen LogP contribution in [0.5, 0.6) is 0 Å². The maximum atomic E-state index is 13.2. The number of hydrogen-bond donors (Lipinski definition) is 0. The molecular formula is C25H29ClN2O2. The van der Waals surface area contributed by atoms with Crippen molar-refractivity contribution in [3.8, 4) is 0 Å². The highest BCUT2D eigenvalue weighted by Crippen LogP contribution is 2.37. The van der Waals surface area contributed by atoms with E-state index in [9.17, 15) is 4.79 Å². The van der Waals surface area contributed by atoms with Crippen molar-refractivity contribution in [3.63, 3.8) is 0 Å². The highest BCUT2D eigenvalue weighted by atomic mass is 35.5. The van der Waals surface area contributed by atoms with Gasteiger partial charge in [-0.05, 0) is 42.2 Å². The maximum absolute atomic E-state index is 13.2. The van der Waals surface area contributed by atoms with E-state index in [0.717, 1.165) is 18.5 Å². The van der Waals surface area contributed by atoms with Crippen LogP contribution in [0.4, 0.5) is 0 Å². The lowest BCUT2D eigenvalue weighted by molar-refractivity contribution is -0.135. The fraction of sp³-hybridized carbons (Fsp3) is 0.400. The van der Waals surface area contributed by atoms with E-state index in [0.29, 0.717) is 37.7 Å². The second-order valence-electron chi connectivity index (χ2n) is 7.84. The topological polar surface area (TPSA) is 34.5 Å². The molecule has 0 saturated carbocycles. The molecule has 30 heavy (non-hydrogen) atoms. The van der Waals surface area contributed by atoms with E-state index in [1.54, 1.807) is 0 Å². The van der Waals surface area contributed by atoms with Crippen LogP contribution in [-0.4, -0.2) is 41.7 Å². The summed E-state index contributed by atoms with van der Waals surface area (Å²) in [4.78, 5) is 15.1. The van der Waals surface area contributed by atoms with Crippen molar-refractivity contribution in [2.24, 2.45) is 0 Å². The van der Waals surface area contributed by atoms with Crippen LogP contribution in [0.15, 0.2) is 48.7 Å². The van der Waals surface area contributed by atoms with Gasteiger partial charge in [-0.1, -0.05) is 48.9 Å². The van der Waals surface area contributed by atoms with E-state index < -0.39 is 0 Å². The molecule has 3 aromatic rings. The lowest BCUT2D eigenvalue weighted by atomic mass is 9.87. The van der Waals surface area contributed by atoms with E-state index in [2.05, 4.69) is 54.9 Å². The largest absolute Gasteiger partial charge is 0.378 e. The van der Waals surface area contributed by atoms with Gasteiger partial charge in [0.2, 0.25) is 5.91 Å². The molecule has 2 aromatic carbocycles. The zero-order valence-corrected chi connectivity index (χ0v) is 18.5. The summed E-state index contributed by atoms with van der Waals surface area (Å²) in [5.41, 5.74) is 4.97. The number of halogens is 1. The lowest BCUT2D eigenvalue weighted by Crippen LogP contribution is -2.41. The highest BCUT2D eigenvalue weighted by Gasteiger charge is 2.26. The summed E-state index contributed by atoms with van der Waals surface area (Å²) in [7, 11) is 0. The molecular weight excluding hydrogens is 396 g/mol. The van der Waals surface area contributed by atoms with Crippen molar-refractivity contribution in [1.82, 2.24) is 9.47 Å². The summed E-state index contributed by atoms with van der Waals surface area (Å²) >= 11 is 6.16. The molecule has 5 heteroatoms. The summed E-state index contributed by atoms with van der Waals surface area (Å²) in [6.07, 6.45) is 3.68. The van der Waals surface area contributed by atoms with Gasteiger partial charge in [0.05, 0.1) is 18.7 Å². The SMILES string of the molecule is CCc1cccc2c(C(CC(=O)N3CCOCC3)c3ccc(Cl)cc3)cn(CC)c12. The Labute approximate surface area is 183 Å². The van der Waals surface area contributed by atoms with Crippen LogP contribution in [0.3, 0.4) is 0 Å². The second-order valence-corrected chi connectivity index (χ2v) is 8.28. The first-order valence-electron chi connectivity index (χ1n) is 10.8. The number of benzene rings is 2. The number of carbonyl (C=O) groups is 1. The molecule has 1 aliphatic rings. The Morgan fingerprint density at radius 1 is 1.10 bits per heavy atom. The molecule has 4 nitrogen and oxygen atoms in total. The Bertz CT molecular complexity index is 1020. The minimum Gasteiger partial charge on any atom is -0.378 e. The zero-order chi connectivity index (χ0) is 21.1. The van der Waals surface area contributed by atoms with Crippen LogP contribution < -0.4 is 0 Å². The predicted molar refractivity (Wildman–Crippen MR) is 122 cm³/mol. The average molecular weight is 425 g/mol. The third-order valence-corrected chi connectivity index (χ3v) is 6.38. The van der Waals surface area contributed by atoms with E-state index in [1.807, 2.05) is 17.0 Å². The molecule has 0 radical (unpaired) electrons. The van der Waals surface area contributed by atoms with Gasteiger partial charge in [0.25, 0.3) is 0 Å². The quantitative estimate of drug-likeness (QED) is 0.541. The maximum Gasteiger partial charge on any atom is 0.223 e. The molecule has 0 spiro atoms. The van der Waals surface area contributed by atoms with Crippen molar-refractivity contribution in [3.05, 3.63) is 70.4 Å². The summed E-state index contributed by atoms with van der Waals surface area (Å²) in [6, 6.07) is 14.5. The van der Waals surface area contributed by atoms with Crippen LogP contribution in [0.2, 0.25) is 5.02 Å². The van der Waals surface area contributed by atoms with Gasteiger partial charge in [-0.25, -0.2) is 0 Å². The lowest BCUT2D eigenvalue weighted by Gasteiger charge is -2.28. The summed E-state index contributed by atoms with van der Waals surface area (Å²) < 4.78 is 7.75. The highest BCUT2D eigenvalue weighted by molar-refractivity contribution is 6.30. The Morgan fingerprint density at radius 2 is 1.83 bits per heavy atom. The van der Waals surface area contributed by atoms with Crippen molar-refractivity contribution in [2.75, 3.05) is 26.3 Å². The Balaban J connectivity index is 1.79. The number of fused-ring (bicyclic) bond motifs is 1. The summed E-state index contributed by atoms with van der Waals surface area (Å²) in [5, 5.41) is 1.95. The van der Waals surface area contributed by atoms with Gasteiger partial charge in [0.1, 0.15) is 0 Å². The molecule has 0 N–H and O–H groups in total. The van der Waals surface area contributed by atoms with E-state index >= 15 is 0 Å². The Morgan fingerprint density at radius 3 is 2.50 bits per heavy atom. The van der Waals surface area contributed by atoms with Crippen molar-refractivity contribution in [1.29, 1.82) is 0 Å². The van der Waals surface area contributed by atoms with Crippen LogP contribution in [0.25, 0.3) is 10.9 Å². The number of ether oxygens (including phenoxy) is 1. The number of para-hydroxylation sites is 1. The molecule has 1 amide bonds. The van der Waals surface area contributed by atoms with Crippen LogP contribution >= 0.6 is 11.6 Å². The van der Waals surface area contributed by atoms with E-state index in [1.165, 1.54) is 22.0 Å². The molecule has 1 aliphatic heterocycles. The first-order chi connectivity index (χ1) is 14.6. The van der Waals surface area contributed by atoms with Gasteiger partial charge in [-0.2, -0.15) is 0 Å². The number of hydrogen-bond acceptors (Lipinski definition) is 2. The number of aromatic nitrogens is 1. The minimum absolute atomic E-state index is 0.0139. The first-order valence-corrected chi connectivity index (χ1v) is 11.2. The van der Waals surface area contributed by atoms with E-state index in [4.69, 9.17) is 16.3 Å². The third kappa shape index (κ3) is 4.12. The van der Waals surface area contributed by atoms with Gasteiger partial charge < -0.3 is 14.2 Å². The number of amides is 1. The summed E-state index contributed by atoms with van der Waals surface area (Å²) in [5.74, 6) is 0.169. The van der Waals surface area contributed by atoms with Crippen molar-refractivity contribution >= 4 is 28.4 Å². The molecule has 0 aliphatic carbocycles. The van der Waals surface area contributed by atoms with Crippen LogP contribution in [0.1, 0.15) is 42.9 Å². The van der Waals surface area contributed by atoms with Gasteiger partial charge in [-0.3, -0.25) is 4.79 Å². The Kier molecular flexibility index (Phi) is 6.45. The fourth-order valence-corrected chi connectivity index (χ4v) is 4.62. The van der Waals surface area contributed by atoms with Crippen LogP contribution in [-0.2, 0) is 22.5 Å². The molecule has 1 fully saturated rings. The first kappa shape index (κ1) is 21.0. The van der Waals surface area contributed by atoms with Gasteiger partial charge >= 0.3 is 0 Å². The minimum atomic E-state index is -0.0139. The molecule has 1 saturated heterocycles. The van der Waals surface area contributed by atoms with Crippen molar-refractivity contribution in [2.45, 2.75) is 39.2 Å². The molecule has 4 rings (SSSR count). The van der Waals surface area contributed by atoms with Gasteiger partial charge in [0, 0.05) is 48.6 Å². The normalized spacial score (nSPS) is 15.5. The van der Waals surface area contributed by atoms with Crippen LogP contribution in [0, 0.1) is 0 Å².